The highest BCUT2D eigenvalue weighted by Crippen LogP contribution is 2.55. The first-order chi connectivity index (χ1) is 12.3. The van der Waals surface area contributed by atoms with Gasteiger partial charge in [0, 0.05) is 11.5 Å². The first kappa shape index (κ1) is 17.8. The van der Waals surface area contributed by atoms with Crippen LogP contribution in [0.5, 0.6) is 0 Å². The van der Waals surface area contributed by atoms with Gasteiger partial charge in [-0.1, -0.05) is 25.5 Å². The summed E-state index contributed by atoms with van der Waals surface area (Å²) in [7, 11) is 0. The number of benzene rings is 1. The number of fused-ring (bicyclic) bond motifs is 2. The first-order valence-electron chi connectivity index (χ1n) is 10.1. The van der Waals surface area contributed by atoms with Crippen molar-refractivity contribution in [2.45, 2.75) is 84.7 Å². The second-order valence-electron chi connectivity index (χ2n) is 8.92. The lowest BCUT2D eigenvalue weighted by Gasteiger charge is -2.42. The topological polar surface area (TPSA) is 46.3 Å². The molecule has 0 bridgehead atoms. The molecule has 1 aromatic carbocycles. The Morgan fingerprint density at radius 3 is 2.58 bits per heavy atom. The molecule has 1 N–H and O–H groups in total. The van der Waals surface area contributed by atoms with Crippen LogP contribution in [0.3, 0.4) is 0 Å². The van der Waals surface area contributed by atoms with E-state index in [9.17, 15) is 5.11 Å². The van der Waals surface area contributed by atoms with Gasteiger partial charge in [0.05, 0.1) is 0 Å². The molecule has 1 aromatic heterocycles. The van der Waals surface area contributed by atoms with Gasteiger partial charge in [-0.05, 0) is 81.4 Å². The summed E-state index contributed by atoms with van der Waals surface area (Å²) in [5.74, 6) is 2.70. The summed E-state index contributed by atoms with van der Waals surface area (Å²) in [6, 6.07) is 0. The molecule has 26 heavy (non-hydrogen) atoms. The van der Waals surface area contributed by atoms with E-state index in [0.29, 0.717) is 29.6 Å². The maximum absolute atomic E-state index is 10.0. The van der Waals surface area contributed by atoms with Gasteiger partial charge in [-0.3, -0.25) is 0 Å². The molecular formula is C23H31NO2. The summed E-state index contributed by atoms with van der Waals surface area (Å²) in [5, 5.41) is 10.0. The Bertz CT molecular complexity index is 885. The lowest BCUT2D eigenvalue weighted by molar-refractivity contribution is 0.165. The number of aliphatic hydroxyl groups excluding tert-OH is 1. The van der Waals surface area contributed by atoms with E-state index in [1.807, 2.05) is 0 Å². The van der Waals surface area contributed by atoms with Crippen molar-refractivity contribution in [2.24, 2.45) is 5.92 Å². The van der Waals surface area contributed by atoms with Crippen molar-refractivity contribution in [1.82, 2.24) is 4.98 Å². The van der Waals surface area contributed by atoms with Crippen LogP contribution in [0.1, 0.15) is 106 Å². The molecule has 0 aliphatic heterocycles. The zero-order valence-electron chi connectivity index (χ0n) is 16.9. The minimum Gasteiger partial charge on any atom is -0.438 e. The highest BCUT2D eigenvalue weighted by Gasteiger charge is 2.40. The van der Waals surface area contributed by atoms with Crippen molar-refractivity contribution in [3.8, 4) is 0 Å². The summed E-state index contributed by atoms with van der Waals surface area (Å²) in [5.41, 5.74) is 8.93. The van der Waals surface area contributed by atoms with Gasteiger partial charge in [0.15, 0.2) is 5.58 Å². The minimum atomic E-state index is -0.673. The molecule has 140 valence electrons. The standard InChI is InChI=1S/C23H31NO2/c1-11(2)9-16-10-13(4)17-8-7-12(3)18-20(17)19(16)14(5)21-22(18)26-23(24-21)15(6)25/h9,12-13,15-17,25H,7-8,10H2,1-6H3/t12-,13-,15+,16+,17+/m0/s1. The van der Waals surface area contributed by atoms with Crippen molar-refractivity contribution in [3.05, 3.63) is 39.8 Å². The molecule has 1 heterocycles. The fraction of sp³-hybridized carbons (Fsp3) is 0.609. The predicted octanol–water partition coefficient (Wildman–Crippen LogP) is 6.26. The van der Waals surface area contributed by atoms with Crippen LogP contribution in [-0.4, -0.2) is 10.1 Å². The van der Waals surface area contributed by atoms with Crippen LogP contribution >= 0.6 is 0 Å². The summed E-state index contributed by atoms with van der Waals surface area (Å²) >= 11 is 0. The van der Waals surface area contributed by atoms with Crippen LogP contribution in [0.25, 0.3) is 11.1 Å². The number of aliphatic hydroxyl groups is 1. The second kappa shape index (κ2) is 6.23. The molecule has 0 amide bonds. The van der Waals surface area contributed by atoms with Gasteiger partial charge < -0.3 is 9.52 Å². The first-order valence-corrected chi connectivity index (χ1v) is 10.1. The van der Waals surface area contributed by atoms with Crippen LogP contribution < -0.4 is 0 Å². The monoisotopic (exact) mass is 353 g/mol. The van der Waals surface area contributed by atoms with E-state index in [-0.39, 0.29) is 0 Å². The third-order valence-corrected chi connectivity index (χ3v) is 6.58. The number of oxazole rings is 1. The van der Waals surface area contributed by atoms with Gasteiger partial charge in [0.25, 0.3) is 0 Å². The average Bonchev–Trinajstić information content (AvgIpc) is 2.99. The van der Waals surface area contributed by atoms with E-state index in [1.165, 1.54) is 41.5 Å². The maximum Gasteiger partial charge on any atom is 0.224 e. The molecule has 0 spiro atoms. The van der Waals surface area contributed by atoms with Crippen molar-refractivity contribution < 1.29 is 9.52 Å². The van der Waals surface area contributed by atoms with Crippen LogP contribution in [0.15, 0.2) is 16.1 Å². The van der Waals surface area contributed by atoms with Gasteiger partial charge in [0.2, 0.25) is 5.89 Å². The molecule has 0 saturated heterocycles. The van der Waals surface area contributed by atoms with Crippen molar-refractivity contribution >= 4 is 11.1 Å². The van der Waals surface area contributed by atoms with Crippen LogP contribution in [0, 0.1) is 12.8 Å². The molecule has 0 saturated carbocycles. The number of nitrogens with zero attached hydrogens (tertiary/aromatic N) is 1. The van der Waals surface area contributed by atoms with Gasteiger partial charge in [-0.2, -0.15) is 0 Å². The van der Waals surface area contributed by atoms with Crippen LogP contribution in [0.4, 0.5) is 0 Å². The fourth-order valence-electron chi connectivity index (χ4n) is 5.44. The Hall–Kier alpha value is -1.61. The van der Waals surface area contributed by atoms with Crippen molar-refractivity contribution in [1.29, 1.82) is 0 Å². The Morgan fingerprint density at radius 2 is 1.92 bits per heavy atom. The Kier molecular flexibility index (Phi) is 4.26. The normalized spacial score (nSPS) is 28.7. The minimum absolute atomic E-state index is 0.447. The van der Waals surface area contributed by atoms with E-state index in [4.69, 9.17) is 9.40 Å². The van der Waals surface area contributed by atoms with E-state index in [1.54, 1.807) is 12.5 Å². The van der Waals surface area contributed by atoms with Gasteiger partial charge in [-0.15, -0.1) is 0 Å². The summed E-state index contributed by atoms with van der Waals surface area (Å²) in [6.07, 6.45) is 5.46. The highest BCUT2D eigenvalue weighted by molar-refractivity contribution is 5.85. The molecule has 3 heteroatoms. The average molecular weight is 354 g/mol. The number of hydrogen-bond donors (Lipinski definition) is 1. The van der Waals surface area contributed by atoms with E-state index >= 15 is 0 Å². The number of hydrogen-bond acceptors (Lipinski definition) is 3. The Balaban J connectivity index is 2.09. The van der Waals surface area contributed by atoms with Crippen molar-refractivity contribution in [3.63, 3.8) is 0 Å². The Labute approximate surface area is 156 Å². The number of rotatable bonds is 2. The van der Waals surface area contributed by atoms with Crippen molar-refractivity contribution in [2.75, 3.05) is 0 Å². The molecule has 3 nitrogen and oxygen atoms in total. The zero-order chi connectivity index (χ0) is 18.7. The number of aromatic nitrogens is 1. The largest absolute Gasteiger partial charge is 0.438 e. The smallest absolute Gasteiger partial charge is 0.224 e. The van der Waals surface area contributed by atoms with Crippen LogP contribution in [-0.2, 0) is 0 Å². The second-order valence-corrected chi connectivity index (χ2v) is 8.92. The van der Waals surface area contributed by atoms with Gasteiger partial charge in [0.1, 0.15) is 11.6 Å². The van der Waals surface area contributed by atoms with E-state index in [2.05, 4.69) is 40.7 Å². The lowest BCUT2D eigenvalue weighted by atomic mass is 9.62. The molecule has 0 radical (unpaired) electrons. The number of allylic oxidation sites excluding steroid dienone is 2. The fourth-order valence-corrected chi connectivity index (χ4v) is 5.44. The quantitative estimate of drug-likeness (QED) is 0.648. The lowest BCUT2D eigenvalue weighted by Crippen LogP contribution is -2.28. The SMILES string of the molecule is CC(C)=C[C@@H]1C[C@H](C)[C@H]2CC[C@H](C)c3c2c1c(C)c1nc([C@@H](C)O)oc31. The van der Waals surface area contributed by atoms with Crippen LogP contribution in [0.2, 0.25) is 0 Å². The van der Waals surface area contributed by atoms with Gasteiger partial charge >= 0.3 is 0 Å². The third kappa shape index (κ3) is 2.55. The molecule has 2 aliphatic carbocycles. The molecule has 0 fully saturated rings. The van der Waals surface area contributed by atoms with E-state index < -0.39 is 6.10 Å². The molecule has 2 aliphatic rings. The third-order valence-electron chi connectivity index (χ3n) is 6.58. The molecular weight excluding hydrogens is 322 g/mol. The summed E-state index contributed by atoms with van der Waals surface area (Å²) in [4.78, 5) is 4.71. The number of aryl methyl sites for hydroxylation is 1. The molecule has 4 rings (SSSR count). The summed E-state index contributed by atoms with van der Waals surface area (Å²) in [6.45, 7) is 13.1. The van der Waals surface area contributed by atoms with Gasteiger partial charge in [-0.25, -0.2) is 4.98 Å². The van der Waals surface area contributed by atoms with E-state index in [0.717, 1.165) is 11.1 Å². The molecule has 2 aromatic rings. The summed E-state index contributed by atoms with van der Waals surface area (Å²) < 4.78 is 6.13. The molecule has 0 unspecified atom stereocenters. The zero-order valence-corrected chi connectivity index (χ0v) is 16.9. The maximum atomic E-state index is 10.0. The molecule has 5 atom stereocenters. The Morgan fingerprint density at radius 1 is 1.19 bits per heavy atom. The highest BCUT2D eigenvalue weighted by atomic mass is 16.4. The predicted molar refractivity (Wildman–Crippen MR) is 106 cm³/mol.